The van der Waals surface area contributed by atoms with Gasteiger partial charge in [-0.2, -0.15) is 0 Å². The maximum absolute atomic E-state index is 13.0. The van der Waals surface area contributed by atoms with E-state index in [-0.39, 0.29) is 29.7 Å². The van der Waals surface area contributed by atoms with Gasteiger partial charge in [0.2, 0.25) is 5.91 Å². The second kappa shape index (κ2) is 8.66. The zero-order chi connectivity index (χ0) is 19.2. The highest BCUT2D eigenvalue weighted by atomic mass is 19.1. The van der Waals surface area contributed by atoms with Crippen molar-refractivity contribution in [2.24, 2.45) is 5.92 Å². The van der Waals surface area contributed by atoms with Crippen molar-refractivity contribution in [1.29, 1.82) is 0 Å². The Morgan fingerprint density at radius 1 is 1.11 bits per heavy atom. The molecule has 0 unspecified atom stereocenters. The van der Waals surface area contributed by atoms with Crippen LogP contribution in [-0.4, -0.2) is 29.9 Å². The van der Waals surface area contributed by atoms with E-state index in [0.717, 1.165) is 24.1 Å². The Kier molecular flexibility index (Phi) is 6.06. The van der Waals surface area contributed by atoms with E-state index in [1.807, 2.05) is 37.3 Å². The molecule has 0 aliphatic carbocycles. The fourth-order valence-electron chi connectivity index (χ4n) is 3.27. The number of carbonyl (C=O) groups excluding carboxylic acids is 2. The highest BCUT2D eigenvalue weighted by Crippen LogP contribution is 2.20. The molecule has 0 spiro atoms. The van der Waals surface area contributed by atoms with Crippen LogP contribution in [0.25, 0.3) is 0 Å². The number of likely N-dealkylation sites (tertiary alicyclic amines) is 1. The molecule has 1 heterocycles. The minimum Gasteiger partial charge on any atom is -0.349 e. The summed E-state index contributed by atoms with van der Waals surface area (Å²) in [6.07, 6.45) is 1.53. The Morgan fingerprint density at radius 3 is 2.52 bits per heavy atom. The Labute approximate surface area is 158 Å². The van der Waals surface area contributed by atoms with Crippen LogP contribution < -0.4 is 10.6 Å². The molecule has 2 N–H and O–H groups in total. The zero-order valence-corrected chi connectivity index (χ0v) is 15.3. The number of nitrogens with zero attached hydrogens (tertiary/aromatic N) is 1. The molecule has 5 nitrogen and oxygen atoms in total. The SMILES string of the molecule is C[C@@H](NC(=O)[C@@H]1CCCN(C(=O)Nc2ccccc2)C1)c1ccc(F)cc1. The van der Waals surface area contributed by atoms with Gasteiger partial charge in [0.25, 0.3) is 0 Å². The third-order valence-electron chi connectivity index (χ3n) is 4.83. The average molecular weight is 369 g/mol. The number of hydrogen-bond acceptors (Lipinski definition) is 2. The lowest BCUT2D eigenvalue weighted by Crippen LogP contribution is -2.47. The van der Waals surface area contributed by atoms with E-state index in [1.54, 1.807) is 17.0 Å². The Bertz CT molecular complexity index is 780. The normalized spacial score (nSPS) is 17.9. The standard InChI is InChI=1S/C21H24FN3O2/c1-15(16-9-11-18(22)12-10-16)23-20(26)17-6-5-13-25(14-17)21(27)24-19-7-3-2-4-8-19/h2-4,7-12,15,17H,5-6,13-14H2,1H3,(H,23,26)(H,24,27)/t15-,17-/m1/s1. The van der Waals surface area contributed by atoms with Crippen molar-refractivity contribution >= 4 is 17.6 Å². The molecule has 0 radical (unpaired) electrons. The molecule has 2 aromatic rings. The van der Waals surface area contributed by atoms with Crippen molar-refractivity contribution in [3.63, 3.8) is 0 Å². The van der Waals surface area contributed by atoms with Crippen LogP contribution in [0.4, 0.5) is 14.9 Å². The molecule has 2 aromatic carbocycles. The molecule has 142 valence electrons. The summed E-state index contributed by atoms with van der Waals surface area (Å²) in [7, 11) is 0. The number of urea groups is 1. The lowest BCUT2D eigenvalue weighted by atomic mass is 9.96. The lowest BCUT2D eigenvalue weighted by molar-refractivity contribution is -0.126. The van der Waals surface area contributed by atoms with E-state index in [0.29, 0.717) is 13.1 Å². The first-order chi connectivity index (χ1) is 13.0. The minimum absolute atomic E-state index is 0.0796. The van der Waals surface area contributed by atoms with Crippen molar-refractivity contribution in [3.8, 4) is 0 Å². The van der Waals surface area contributed by atoms with Crippen LogP contribution in [0.15, 0.2) is 54.6 Å². The molecule has 0 saturated carbocycles. The quantitative estimate of drug-likeness (QED) is 0.857. The van der Waals surface area contributed by atoms with Gasteiger partial charge in [-0.15, -0.1) is 0 Å². The topological polar surface area (TPSA) is 61.4 Å². The predicted molar refractivity (Wildman–Crippen MR) is 103 cm³/mol. The molecule has 3 amide bonds. The third kappa shape index (κ3) is 5.06. The van der Waals surface area contributed by atoms with E-state index in [9.17, 15) is 14.0 Å². The Hall–Kier alpha value is -2.89. The number of amides is 3. The van der Waals surface area contributed by atoms with Crippen LogP contribution in [0, 0.1) is 11.7 Å². The highest BCUT2D eigenvalue weighted by Gasteiger charge is 2.29. The van der Waals surface area contributed by atoms with Gasteiger partial charge in [0.15, 0.2) is 0 Å². The molecule has 3 rings (SSSR count). The van der Waals surface area contributed by atoms with Crippen LogP contribution >= 0.6 is 0 Å². The van der Waals surface area contributed by atoms with Crippen molar-refractivity contribution in [3.05, 3.63) is 66.0 Å². The molecule has 0 aromatic heterocycles. The van der Waals surface area contributed by atoms with E-state index >= 15 is 0 Å². The van der Waals surface area contributed by atoms with Crippen LogP contribution in [0.5, 0.6) is 0 Å². The van der Waals surface area contributed by atoms with Crippen molar-refractivity contribution in [1.82, 2.24) is 10.2 Å². The summed E-state index contributed by atoms with van der Waals surface area (Å²) in [5.41, 5.74) is 1.58. The Morgan fingerprint density at radius 2 is 1.81 bits per heavy atom. The number of carbonyl (C=O) groups is 2. The van der Waals surface area contributed by atoms with Gasteiger partial charge in [-0.25, -0.2) is 9.18 Å². The Balaban J connectivity index is 1.56. The number of hydrogen-bond donors (Lipinski definition) is 2. The summed E-state index contributed by atoms with van der Waals surface area (Å²) in [6, 6.07) is 15.0. The zero-order valence-electron chi connectivity index (χ0n) is 15.3. The van der Waals surface area contributed by atoms with E-state index in [1.165, 1.54) is 12.1 Å². The summed E-state index contributed by atoms with van der Waals surface area (Å²) in [5, 5.41) is 5.84. The van der Waals surface area contributed by atoms with E-state index in [4.69, 9.17) is 0 Å². The highest BCUT2D eigenvalue weighted by molar-refractivity contribution is 5.90. The molecule has 1 fully saturated rings. The minimum atomic E-state index is -0.301. The summed E-state index contributed by atoms with van der Waals surface area (Å²) in [4.78, 5) is 26.8. The molecule has 6 heteroatoms. The molecular weight excluding hydrogens is 345 g/mol. The molecule has 1 aliphatic heterocycles. The van der Waals surface area contributed by atoms with E-state index < -0.39 is 0 Å². The molecule has 0 bridgehead atoms. The van der Waals surface area contributed by atoms with Gasteiger partial charge in [0, 0.05) is 18.8 Å². The number of benzene rings is 2. The van der Waals surface area contributed by atoms with E-state index in [2.05, 4.69) is 10.6 Å². The molecule has 1 saturated heterocycles. The summed E-state index contributed by atoms with van der Waals surface area (Å²) in [6.45, 7) is 2.89. The largest absolute Gasteiger partial charge is 0.349 e. The first-order valence-corrected chi connectivity index (χ1v) is 9.20. The summed E-state index contributed by atoms with van der Waals surface area (Å²) >= 11 is 0. The number of halogens is 1. The smallest absolute Gasteiger partial charge is 0.321 e. The predicted octanol–water partition coefficient (Wildman–Crippen LogP) is 3.95. The fourth-order valence-corrected chi connectivity index (χ4v) is 3.27. The van der Waals surface area contributed by atoms with Gasteiger partial charge in [0.1, 0.15) is 5.82 Å². The van der Waals surface area contributed by atoms with Gasteiger partial charge in [-0.1, -0.05) is 30.3 Å². The number of rotatable bonds is 4. The van der Waals surface area contributed by atoms with Crippen LogP contribution in [0.1, 0.15) is 31.4 Å². The van der Waals surface area contributed by atoms with Crippen LogP contribution in [0.3, 0.4) is 0 Å². The second-order valence-electron chi connectivity index (χ2n) is 6.86. The number of piperidine rings is 1. The van der Waals surface area contributed by atoms with Crippen LogP contribution in [0.2, 0.25) is 0 Å². The lowest BCUT2D eigenvalue weighted by Gasteiger charge is -2.32. The first kappa shape index (κ1) is 18.9. The maximum atomic E-state index is 13.0. The molecular formula is C21H24FN3O2. The monoisotopic (exact) mass is 369 g/mol. The molecule has 1 aliphatic rings. The van der Waals surface area contributed by atoms with Crippen molar-refractivity contribution in [2.45, 2.75) is 25.8 Å². The first-order valence-electron chi connectivity index (χ1n) is 9.20. The van der Waals surface area contributed by atoms with Gasteiger partial charge >= 0.3 is 6.03 Å². The second-order valence-corrected chi connectivity index (χ2v) is 6.86. The number of anilines is 1. The van der Waals surface area contributed by atoms with Gasteiger partial charge < -0.3 is 15.5 Å². The fraction of sp³-hybridized carbons (Fsp3) is 0.333. The molecule has 2 atom stereocenters. The third-order valence-corrected chi connectivity index (χ3v) is 4.83. The van der Waals surface area contributed by atoms with Crippen LogP contribution in [-0.2, 0) is 4.79 Å². The summed E-state index contributed by atoms with van der Waals surface area (Å²) in [5.74, 6) is -0.628. The van der Waals surface area contributed by atoms with Gasteiger partial charge in [0.05, 0.1) is 12.0 Å². The number of nitrogens with one attached hydrogen (secondary N) is 2. The summed E-state index contributed by atoms with van der Waals surface area (Å²) < 4.78 is 13.0. The number of para-hydroxylation sites is 1. The molecule has 27 heavy (non-hydrogen) atoms. The maximum Gasteiger partial charge on any atom is 0.321 e. The van der Waals surface area contributed by atoms with Crippen molar-refractivity contribution < 1.29 is 14.0 Å². The van der Waals surface area contributed by atoms with Gasteiger partial charge in [-0.3, -0.25) is 4.79 Å². The van der Waals surface area contributed by atoms with Crippen molar-refractivity contribution in [2.75, 3.05) is 18.4 Å². The average Bonchev–Trinajstić information content (AvgIpc) is 2.69. The van der Waals surface area contributed by atoms with Gasteiger partial charge in [-0.05, 0) is 49.6 Å².